The molecule has 0 unspecified atom stereocenters. The van der Waals surface area contributed by atoms with Crippen molar-refractivity contribution in [3.8, 4) is 0 Å². The van der Waals surface area contributed by atoms with Gasteiger partial charge in [0.05, 0.1) is 11.3 Å². The van der Waals surface area contributed by atoms with Gasteiger partial charge in [0.25, 0.3) is 5.91 Å². The summed E-state index contributed by atoms with van der Waals surface area (Å²) in [5.74, 6) is -2.10. The molecule has 0 fully saturated rings. The number of carboxylic acid groups (broad SMARTS) is 2. The van der Waals surface area contributed by atoms with Gasteiger partial charge in [0, 0.05) is 64.1 Å². The van der Waals surface area contributed by atoms with Crippen LogP contribution in [0.15, 0.2) is 28.0 Å². The summed E-state index contributed by atoms with van der Waals surface area (Å²) in [5.41, 5.74) is 10.2. The number of thiol groups is 2. The fourth-order valence-corrected chi connectivity index (χ4v) is 7.32. The number of aromatic nitrogens is 2. The Morgan fingerprint density at radius 2 is 1.47 bits per heavy atom. The van der Waals surface area contributed by atoms with Gasteiger partial charge in [-0.25, -0.2) is 0 Å². The number of carboxylic acids is 2. The molecule has 4 heterocycles. The van der Waals surface area contributed by atoms with Gasteiger partial charge in [-0.3, -0.25) is 19.2 Å². The highest BCUT2D eigenvalue weighted by Crippen LogP contribution is 2.39. The molecule has 45 heavy (non-hydrogen) atoms. The van der Waals surface area contributed by atoms with Gasteiger partial charge in [-0.2, -0.15) is 25.3 Å². The van der Waals surface area contributed by atoms with Gasteiger partial charge in [0.2, 0.25) is 5.91 Å². The summed E-state index contributed by atoms with van der Waals surface area (Å²) in [6.45, 7) is 11.4. The number of rotatable bonds is 13. The van der Waals surface area contributed by atoms with E-state index in [2.05, 4.69) is 33.2 Å². The van der Waals surface area contributed by atoms with E-state index in [1.807, 2.05) is 40.7 Å². The molecule has 10 nitrogen and oxygen atoms in total. The van der Waals surface area contributed by atoms with Crippen LogP contribution in [0.5, 0.6) is 0 Å². The minimum atomic E-state index is -0.928. The first kappa shape index (κ1) is 34.2. The Kier molecular flexibility index (Phi) is 10.5. The van der Waals surface area contributed by atoms with Crippen LogP contribution in [0.3, 0.4) is 0 Å². The Hall–Kier alpha value is -3.64. The molecule has 2 amide bonds. The zero-order valence-corrected chi connectivity index (χ0v) is 28.3. The van der Waals surface area contributed by atoms with E-state index in [4.69, 9.17) is 12.6 Å². The van der Waals surface area contributed by atoms with Gasteiger partial charge in [-0.1, -0.05) is 6.92 Å². The first-order valence-electron chi connectivity index (χ1n) is 15.1. The molecule has 0 radical (unpaired) electrons. The quantitative estimate of drug-likeness (QED) is 0.143. The highest BCUT2D eigenvalue weighted by Gasteiger charge is 2.33. The number of aliphatic carboxylic acids is 2. The van der Waals surface area contributed by atoms with E-state index < -0.39 is 17.2 Å². The lowest BCUT2D eigenvalue weighted by Crippen LogP contribution is -2.32. The molecule has 2 aromatic heterocycles. The molecular formula is C33H42N4O6S2. The summed E-state index contributed by atoms with van der Waals surface area (Å²) < 4.78 is 0. The zero-order chi connectivity index (χ0) is 33.3. The maximum atomic E-state index is 12.5. The minimum Gasteiger partial charge on any atom is -0.481 e. The van der Waals surface area contributed by atoms with E-state index >= 15 is 0 Å². The number of H-pyrrole nitrogens is 2. The highest BCUT2D eigenvalue weighted by atomic mass is 32.1. The lowest BCUT2D eigenvalue weighted by Gasteiger charge is -2.18. The van der Waals surface area contributed by atoms with Gasteiger partial charge in [0.15, 0.2) is 0 Å². The van der Waals surface area contributed by atoms with Crippen molar-refractivity contribution in [1.82, 2.24) is 20.6 Å². The largest absolute Gasteiger partial charge is 0.481 e. The molecule has 2 aliphatic rings. The van der Waals surface area contributed by atoms with Crippen molar-refractivity contribution in [1.29, 1.82) is 0 Å². The predicted octanol–water partition coefficient (Wildman–Crippen LogP) is 4.89. The van der Waals surface area contributed by atoms with Crippen molar-refractivity contribution in [3.05, 3.63) is 73.0 Å². The molecule has 2 aromatic rings. The van der Waals surface area contributed by atoms with E-state index in [1.165, 1.54) is 0 Å². The molecule has 4 rings (SSSR count). The monoisotopic (exact) mass is 654 g/mol. The van der Waals surface area contributed by atoms with Gasteiger partial charge < -0.3 is 30.8 Å². The van der Waals surface area contributed by atoms with Crippen molar-refractivity contribution < 1.29 is 29.4 Å². The van der Waals surface area contributed by atoms with Crippen LogP contribution in [0.2, 0.25) is 0 Å². The summed E-state index contributed by atoms with van der Waals surface area (Å²) in [7, 11) is 0. The fraction of sp³-hybridized carbons (Fsp3) is 0.455. The molecular weight excluding hydrogens is 613 g/mol. The van der Waals surface area contributed by atoms with Crippen LogP contribution in [-0.4, -0.2) is 55.2 Å². The Labute approximate surface area is 274 Å². The maximum absolute atomic E-state index is 12.5. The lowest BCUT2D eigenvalue weighted by molar-refractivity contribution is -0.138. The van der Waals surface area contributed by atoms with Crippen molar-refractivity contribution >= 4 is 55.1 Å². The Balaban J connectivity index is 1.81. The second-order valence-corrected chi connectivity index (χ2v) is 13.1. The smallest absolute Gasteiger partial charge is 0.303 e. The van der Waals surface area contributed by atoms with Crippen LogP contribution >= 0.6 is 25.3 Å². The molecule has 0 bridgehead atoms. The lowest BCUT2D eigenvalue weighted by atomic mass is 9.95. The van der Waals surface area contributed by atoms with E-state index in [0.717, 1.165) is 50.4 Å². The molecule has 0 saturated heterocycles. The first-order chi connectivity index (χ1) is 21.2. The number of aromatic amines is 2. The second-order valence-electron chi connectivity index (χ2n) is 11.8. The van der Waals surface area contributed by atoms with E-state index in [1.54, 1.807) is 6.92 Å². The number of carbonyl (C=O) groups excluding carboxylic acids is 2. The standard InChI is InChI=1S/C33H42N4O6S2/c1-7-19-14(2)24(36-33(19)43)12-22-15(3)20(8-10-26(38)39)29(34-22)31(45)30-21(9-11-27(40)41)16(4)23(35-30)13-25-28(18(6)44)17(5)32(42)37-25/h12,18,25,31,34-35,44-45H,7-11,13H2,1-6H3,(H,36,43)(H,37,42)(H,38,39)(H,40,41)/b24-12-/t18-,25+,31+/m0/s1. The van der Waals surface area contributed by atoms with Crippen molar-refractivity contribution in [2.24, 2.45) is 0 Å². The normalized spacial score (nSPS) is 19.0. The summed E-state index contributed by atoms with van der Waals surface area (Å²) in [5, 5.41) is 24.3. The molecule has 0 saturated carbocycles. The van der Waals surface area contributed by atoms with Gasteiger partial charge >= 0.3 is 11.9 Å². The van der Waals surface area contributed by atoms with Crippen molar-refractivity contribution in [2.45, 2.75) is 96.6 Å². The van der Waals surface area contributed by atoms with Crippen molar-refractivity contribution in [2.75, 3.05) is 0 Å². The third-order valence-corrected chi connectivity index (χ3v) is 9.82. The summed E-state index contributed by atoms with van der Waals surface area (Å²) in [6, 6.07) is -0.260. The zero-order valence-electron chi connectivity index (χ0n) is 26.5. The molecule has 0 aromatic carbocycles. The van der Waals surface area contributed by atoms with Crippen molar-refractivity contribution in [3.63, 3.8) is 0 Å². The Morgan fingerprint density at radius 1 is 0.889 bits per heavy atom. The molecule has 3 atom stereocenters. The van der Waals surface area contributed by atoms with Gasteiger partial charge in [-0.15, -0.1) is 0 Å². The molecule has 242 valence electrons. The number of hydrogen-bond donors (Lipinski definition) is 8. The fourth-order valence-electron chi connectivity index (χ4n) is 6.51. The number of hydrogen-bond acceptors (Lipinski definition) is 6. The average Bonchev–Trinajstić information content (AvgIpc) is 3.63. The van der Waals surface area contributed by atoms with Crippen LogP contribution in [0.4, 0.5) is 0 Å². The van der Waals surface area contributed by atoms with Crippen LogP contribution in [-0.2, 0) is 38.4 Å². The van der Waals surface area contributed by atoms with E-state index in [-0.39, 0.29) is 48.8 Å². The molecule has 6 N–H and O–H groups in total. The SMILES string of the molecule is CCC1=C(C)/C(=C/c2[nH]c([C@@H](S)c3[nH]c(C[C@H]4NC(=O)C(C)=C4[C@H](C)S)c(C)c3CCC(=O)O)c(CCC(=O)O)c2C)NC1=O. The topological polar surface area (TPSA) is 164 Å². The van der Waals surface area contributed by atoms with Crippen LogP contribution in [0, 0.1) is 13.8 Å². The third kappa shape index (κ3) is 6.96. The summed E-state index contributed by atoms with van der Waals surface area (Å²) in [4.78, 5) is 55.2. The van der Waals surface area contributed by atoms with Crippen LogP contribution < -0.4 is 10.6 Å². The van der Waals surface area contributed by atoms with Gasteiger partial charge in [-0.05, 0) is 93.4 Å². The Morgan fingerprint density at radius 3 is 2.00 bits per heavy atom. The molecule has 2 aliphatic heterocycles. The number of nitrogens with one attached hydrogen (secondary N) is 4. The molecule has 0 spiro atoms. The number of amides is 2. The number of allylic oxidation sites excluding steroid dienone is 1. The minimum absolute atomic E-state index is 0.0816. The van der Waals surface area contributed by atoms with E-state index in [0.29, 0.717) is 35.5 Å². The summed E-state index contributed by atoms with van der Waals surface area (Å²) in [6.07, 6.45) is 3.30. The maximum Gasteiger partial charge on any atom is 0.303 e. The molecule has 12 heteroatoms. The van der Waals surface area contributed by atoms with Crippen LogP contribution in [0.25, 0.3) is 6.08 Å². The Bertz CT molecular complexity index is 1660. The van der Waals surface area contributed by atoms with Crippen LogP contribution in [0.1, 0.15) is 97.2 Å². The van der Waals surface area contributed by atoms with Gasteiger partial charge in [0.1, 0.15) is 0 Å². The third-order valence-electron chi connectivity index (χ3n) is 9.03. The predicted molar refractivity (Wildman–Crippen MR) is 180 cm³/mol. The highest BCUT2D eigenvalue weighted by molar-refractivity contribution is 7.81. The second kappa shape index (κ2) is 13.8. The summed E-state index contributed by atoms with van der Waals surface area (Å²) >= 11 is 9.66. The van der Waals surface area contributed by atoms with E-state index in [9.17, 15) is 29.4 Å². The first-order valence-corrected chi connectivity index (χ1v) is 16.1. The molecule has 0 aliphatic carbocycles. The average molecular weight is 655 g/mol. The number of carbonyl (C=O) groups is 4.